The lowest BCUT2D eigenvalue weighted by Crippen LogP contribution is -2.10. The van der Waals surface area contributed by atoms with E-state index in [1.807, 2.05) is 0 Å². The quantitative estimate of drug-likeness (QED) is 0.783. The Kier molecular flexibility index (Phi) is 3.04. The van der Waals surface area contributed by atoms with Gasteiger partial charge < -0.3 is 5.73 Å². The first-order chi connectivity index (χ1) is 10.3. The van der Waals surface area contributed by atoms with Crippen molar-refractivity contribution < 1.29 is 13.2 Å². The normalized spacial score (nSPS) is 12.5. The van der Waals surface area contributed by atoms with E-state index in [1.165, 1.54) is 27.5 Å². The third-order valence-electron chi connectivity index (χ3n) is 3.12. The lowest BCUT2D eigenvalue weighted by molar-refractivity contribution is -0.141. The number of aromatic nitrogens is 6. The van der Waals surface area contributed by atoms with Gasteiger partial charge in [0, 0.05) is 24.5 Å². The average molecular weight is 311 g/mol. The first-order valence-corrected chi connectivity index (χ1v) is 6.41. The molecule has 2 N–H and O–H groups in total. The fourth-order valence-electron chi connectivity index (χ4n) is 2.07. The topological polar surface area (TPSA) is 86.9 Å². The second-order valence-corrected chi connectivity index (χ2v) is 4.98. The molecule has 22 heavy (non-hydrogen) atoms. The van der Waals surface area contributed by atoms with E-state index in [0.717, 1.165) is 0 Å². The van der Waals surface area contributed by atoms with Crippen molar-refractivity contribution in [2.75, 3.05) is 5.73 Å². The molecule has 0 amide bonds. The summed E-state index contributed by atoms with van der Waals surface area (Å²) < 4.78 is 42.2. The molecule has 0 aliphatic carbocycles. The van der Waals surface area contributed by atoms with Crippen molar-refractivity contribution in [2.24, 2.45) is 0 Å². The van der Waals surface area contributed by atoms with Crippen LogP contribution in [0.25, 0.3) is 17.0 Å². The lowest BCUT2D eigenvalue weighted by Gasteiger charge is -2.06. The Hall–Kier alpha value is -2.65. The molecule has 0 bridgehead atoms. The first-order valence-electron chi connectivity index (χ1n) is 6.41. The molecular formula is C12H12F3N7. The van der Waals surface area contributed by atoms with Crippen LogP contribution in [0.5, 0.6) is 0 Å². The van der Waals surface area contributed by atoms with Gasteiger partial charge in [-0.2, -0.15) is 18.3 Å². The van der Waals surface area contributed by atoms with Crippen LogP contribution in [0.2, 0.25) is 0 Å². The third-order valence-corrected chi connectivity index (χ3v) is 3.12. The van der Waals surface area contributed by atoms with Crippen LogP contribution in [0.4, 0.5) is 19.1 Å². The summed E-state index contributed by atoms with van der Waals surface area (Å²) in [7, 11) is 0. The van der Waals surface area contributed by atoms with Crippen molar-refractivity contribution in [3.8, 4) is 11.4 Å². The Morgan fingerprint density at radius 3 is 2.59 bits per heavy atom. The molecule has 3 heterocycles. The summed E-state index contributed by atoms with van der Waals surface area (Å²) in [6.45, 7) is 3.46. The number of hydrogen-bond donors (Lipinski definition) is 1. The van der Waals surface area contributed by atoms with Crippen molar-refractivity contribution in [3.63, 3.8) is 0 Å². The summed E-state index contributed by atoms with van der Waals surface area (Å²) in [5.41, 5.74) is 4.83. The highest BCUT2D eigenvalue weighted by Gasteiger charge is 2.39. The van der Waals surface area contributed by atoms with E-state index in [9.17, 15) is 13.2 Å². The number of rotatable bonds is 2. The van der Waals surface area contributed by atoms with Crippen LogP contribution in [0, 0.1) is 0 Å². The third kappa shape index (κ3) is 2.16. The SMILES string of the molecule is CC(C)n1cc(-c2nnc3ccnc(N)n23)c(C(F)(F)F)n1. The molecule has 116 valence electrons. The van der Waals surface area contributed by atoms with Crippen LogP contribution in [-0.4, -0.2) is 29.4 Å². The van der Waals surface area contributed by atoms with Crippen molar-refractivity contribution in [2.45, 2.75) is 26.1 Å². The largest absolute Gasteiger partial charge is 0.435 e. The second kappa shape index (κ2) is 4.68. The number of nitrogens with zero attached hydrogens (tertiary/aromatic N) is 6. The maximum absolute atomic E-state index is 13.2. The molecule has 0 radical (unpaired) electrons. The van der Waals surface area contributed by atoms with Crippen LogP contribution < -0.4 is 5.73 Å². The van der Waals surface area contributed by atoms with Gasteiger partial charge in [-0.1, -0.05) is 0 Å². The highest BCUT2D eigenvalue weighted by atomic mass is 19.4. The molecule has 0 unspecified atom stereocenters. The predicted octanol–water partition coefficient (Wildman–Crippen LogP) is 2.17. The minimum Gasteiger partial charge on any atom is -0.369 e. The Balaban J connectivity index is 2.30. The van der Waals surface area contributed by atoms with E-state index in [4.69, 9.17) is 5.73 Å². The summed E-state index contributed by atoms with van der Waals surface area (Å²) in [5, 5.41) is 11.3. The van der Waals surface area contributed by atoms with Gasteiger partial charge in [0.05, 0.1) is 5.56 Å². The van der Waals surface area contributed by atoms with Gasteiger partial charge in [0.25, 0.3) is 0 Å². The number of nitrogens with two attached hydrogens (primary N) is 1. The number of nitrogen functional groups attached to an aromatic ring is 1. The maximum atomic E-state index is 13.2. The minimum absolute atomic E-state index is 0.00271. The monoisotopic (exact) mass is 311 g/mol. The molecule has 0 saturated heterocycles. The van der Waals surface area contributed by atoms with Crippen molar-refractivity contribution >= 4 is 11.6 Å². The Morgan fingerprint density at radius 1 is 1.23 bits per heavy atom. The molecule has 0 atom stereocenters. The fourth-order valence-corrected chi connectivity index (χ4v) is 2.07. The van der Waals surface area contributed by atoms with Crippen LogP contribution >= 0.6 is 0 Å². The molecule has 3 aromatic rings. The van der Waals surface area contributed by atoms with Crippen molar-refractivity contribution in [1.29, 1.82) is 0 Å². The molecule has 3 aromatic heterocycles. The van der Waals surface area contributed by atoms with Crippen LogP contribution in [0.3, 0.4) is 0 Å². The number of fused-ring (bicyclic) bond motifs is 1. The zero-order chi connectivity index (χ0) is 16.1. The highest BCUT2D eigenvalue weighted by molar-refractivity contribution is 5.63. The fraction of sp³-hybridized carbons (Fsp3) is 0.333. The summed E-state index contributed by atoms with van der Waals surface area (Å²) in [4.78, 5) is 3.85. The van der Waals surface area contributed by atoms with Gasteiger partial charge >= 0.3 is 6.18 Å². The molecule has 0 spiro atoms. The molecular weight excluding hydrogens is 299 g/mol. The van der Waals surface area contributed by atoms with Crippen molar-refractivity contribution in [3.05, 3.63) is 24.2 Å². The van der Waals surface area contributed by atoms with E-state index in [1.54, 1.807) is 13.8 Å². The van der Waals surface area contributed by atoms with E-state index in [2.05, 4.69) is 20.3 Å². The zero-order valence-corrected chi connectivity index (χ0v) is 11.7. The Bertz CT molecular complexity index is 831. The molecule has 0 aliphatic heterocycles. The van der Waals surface area contributed by atoms with E-state index in [0.29, 0.717) is 5.65 Å². The summed E-state index contributed by atoms with van der Waals surface area (Å²) in [6, 6.07) is 1.27. The van der Waals surface area contributed by atoms with E-state index in [-0.39, 0.29) is 23.4 Å². The van der Waals surface area contributed by atoms with Crippen molar-refractivity contribution in [1.82, 2.24) is 29.4 Å². The molecule has 0 fully saturated rings. The summed E-state index contributed by atoms with van der Waals surface area (Å²) in [6.07, 6.45) is -1.92. The standard InChI is InChI=1S/C12H12F3N7/c1-6(2)21-5-7(9(20-21)12(13,14)15)10-19-18-8-3-4-17-11(16)22(8)10/h3-6H,1-2H3,(H2,16,17). The number of hydrogen-bond acceptors (Lipinski definition) is 5. The maximum Gasteiger partial charge on any atom is 0.435 e. The van der Waals surface area contributed by atoms with Crippen LogP contribution in [0.15, 0.2) is 18.5 Å². The van der Waals surface area contributed by atoms with Gasteiger partial charge in [-0.25, -0.2) is 9.38 Å². The number of alkyl halides is 3. The van der Waals surface area contributed by atoms with Gasteiger partial charge in [0.1, 0.15) is 0 Å². The van der Waals surface area contributed by atoms with Gasteiger partial charge in [-0.05, 0) is 13.8 Å². The van der Waals surface area contributed by atoms with E-state index >= 15 is 0 Å². The Labute approximate surface area is 122 Å². The lowest BCUT2D eigenvalue weighted by atomic mass is 10.2. The second-order valence-electron chi connectivity index (χ2n) is 4.98. The number of anilines is 1. The average Bonchev–Trinajstić information content (AvgIpc) is 3.01. The van der Waals surface area contributed by atoms with Gasteiger partial charge in [-0.3, -0.25) is 4.68 Å². The van der Waals surface area contributed by atoms with Gasteiger partial charge in [-0.15, -0.1) is 10.2 Å². The highest BCUT2D eigenvalue weighted by Crippen LogP contribution is 2.36. The van der Waals surface area contributed by atoms with Gasteiger partial charge in [0.2, 0.25) is 5.95 Å². The number of halogens is 3. The summed E-state index contributed by atoms with van der Waals surface area (Å²) in [5.74, 6) is -0.0391. The zero-order valence-electron chi connectivity index (χ0n) is 11.7. The molecule has 0 aromatic carbocycles. The smallest absolute Gasteiger partial charge is 0.369 e. The van der Waals surface area contributed by atoms with Gasteiger partial charge in [0.15, 0.2) is 17.2 Å². The van der Waals surface area contributed by atoms with Crippen LogP contribution in [-0.2, 0) is 6.18 Å². The molecule has 0 aliphatic rings. The Morgan fingerprint density at radius 2 is 1.95 bits per heavy atom. The van der Waals surface area contributed by atoms with E-state index < -0.39 is 11.9 Å². The minimum atomic E-state index is -4.61. The van der Waals surface area contributed by atoms with Crippen LogP contribution in [0.1, 0.15) is 25.6 Å². The molecule has 3 rings (SSSR count). The molecule has 7 nitrogen and oxygen atoms in total. The summed E-state index contributed by atoms with van der Waals surface area (Å²) >= 11 is 0. The molecule has 10 heteroatoms. The first kappa shape index (κ1) is 14.3. The predicted molar refractivity (Wildman–Crippen MR) is 71.8 cm³/mol. The molecule has 0 saturated carbocycles.